The second-order valence-corrected chi connectivity index (χ2v) is 4.28. The number of nitrogens with one attached hydrogen (secondary N) is 1. The SMILES string of the molecule is CC(C)CNC(C(N)=O)c1cccc(F)c1F. The summed E-state index contributed by atoms with van der Waals surface area (Å²) in [5.74, 6) is -2.48. The highest BCUT2D eigenvalue weighted by Crippen LogP contribution is 2.19. The number of amides is 1. The van der Waals surface area contributed by atoms with Gasteiger partial charge in [-0.05, 0) is 18.5 Å². The Hall–Kier alpha value is -1.49. The third kappa shape index (κ3) is 3.49. The van der Waals surface area contributed by atoms with Crippen LogP contribution in [-0.2, 0) is 4.79 Å². The molecule has 0 spiro atoms. The van der Waals surface area contributed by atoms with Gasteiger partial charge in [0.05, 0.1) is 0 Å². The predicted molar refractivity (Wildman–Crippen MR) is 61.1 cm³/mol. The van der Waals surface area contributed by atoms with E-state index < -0.39 is 23.6 Å². The topological polar surface area (TPSA) is 55.1 Å². The average molecular weight is 242 g/mol. The Morgan fingerprint density at radius 2 is 2.06 bits per heavy atom. The molecule has 0 radical (unpaired) electrons. The summed E-state index contributed by atoms with van der Waals surface area (Å²) in [6, 6.07) is 2.69. The van der Waals surface area contributed by atoms with Crippen LogP contribution in [0, 0.1) is 17.6 Å². The fourth-order valence-corrected chi connectivity index (χ4v) is 1.46. The van der Waals surface area contributed by atoms with Gasteiger partial charge in [-0.2, -0.15) is 0 Å². The molecule has 0 saturated carbocycles. The summed E-state index contributed by atoms with van der Waals surface area (Å²) in [4.78, 5) is 11.2. The zero-order valence-electron chi connectivity index (χ0n) is 9.84. The largest absolute Gasteiger partial charge is 0.368 e. The van der Waals surface area contributed by atoms with Crippen molar-refractivity contribution in [1.29, 1.82) is 0 Å². The van der Waals surface area contributed by atoms with E-state index in [1.807, 2.05) is 13.8 Å². The number of benzene rings is 1. The molecule has 0 aliphatic rings. The van der Waals surface area contributed by atoms with Gasteiger partial charge in [0.1, 0.15) is 6.04 Å². The predicted octanol–water partition coefficient (Wildman–Crippen LogP) is 1.74. The fourth-order valence-electron chi connectivity index (χ4n) is 1.46. The minimum Gasteiger partial charge on any atom is -0.368 e. The highest BCUT2D eigenvalue weighted by Gasteiger charge is 2.22. The Morgan fingerprint density at radius 1 is 1.41 bits per heavy atom. The third-order valence-electron chi connectivity index (χ3n) is 2.31. The molecule has 0 fully saturated rings. The number of rotatable bonds is 5. The molecule has 0 heterocycles. The van der Waals surface area contributed by atoms with Crippen LogP contribution in [0.2, 0.25) is 0 Å². The quantitative estimate of drug-likeness (QED) is 0.826. The highest BCUT2D eigenvalue weighted by atomic mass is 19.2. The minimum absolute atomic E-state index is 0.0573. The lowest BCUT2D eigenvalue weighted by atomic mass is 10.0. The smallest absolute Gasteiger partial charge is 0.239 e. The molecular weight excluding hydrogens is 226 g/mol. The van der Waals surface area contributed by atoms with Crippen molar-refractivity contribution >= 4 is 5.91 Å². The second kappa shape index (κ2) is 5.72. The summed E-state index contributed by atoms with van der Waals surface area (Å²) >= 11 is 0. The first-order chi connectivity index (χ1) is 7.93. The van der Waals surface area contributed by atoms with Crippen molar-refractivity contribution in [2.75, 3.05) is 6.54 Å². The average Bonchev–Trinajstić information content (AvgIpc) is 2.23. The summed E-state index contributed by atoms with van der Waals surface area (Å²) in [5.41, 5.74) is 5.13. The molecular formula is C12H16F2N2O. The molecule has 1 atom stereocenters. The van der Waals surface area contributed by atoms with Crippen LogP contribution in [0.25, 0.3) is 0 Å². The Morgan fingerprint density at radius 3 is 2.59 bits per heavy atom. The molecule has 0 saturated heterocycles. The lowest BCUT2D eigenvalue weighted by molar-refractivity contribution is -0.120. The van der Waals surface area contributed by atoms with Crippen LogP contribution in [0.3, 0.4) is 0 Å². The van der Waals surface area contributed by atoms with Crippen LogP contribution in [-0.4, -0.2) is 12.5 Å². The molecule has 3 nitrogen and oxygen atoms in total. The van der Waals surface area contributed by atoms with E-state index in [4.69, 9.17) is 5.73 Å². The number of primary amides is 1. The standard InChI is InChI=1S/C12H16F2N2O/c1-7(2)6-16-11(12(15)17)8-4-3-5-9(13)10(8)14/h3-5,7,11,16H,6H2,1-2H3,(H2,15,17). The minimum atomic E-state index is -1.03. The van der Waals surface area contributed by atoms with Gasteiger partial charge < -0.3 is 11.1 Å². The molecule has 0 bridgehead atoms. The van der Waals surface area contributed by atoms with Crippen molar-refractivity contribution in [3.05, 3.63) is 35.4 Å². The van der Waals surface area contributed by atoms with E-state index >= 15 is 0 Å². The van der Waals surface area contributed by atoms with Crippen molar-refractivity contribution in [1.82, 2.24) is 5.32 Å². The molecule has 17 heavy (non-hydrogen) atoms. The van der Waals surface area contributed by atoms with Crippen molar-refractivity contribution < 1.29 is 13.6 Å². The van der Waals surface area contributed by atoms with E-state index in [0.717, 1.165) is 6.07 Å². The fraction of sp³-hybridized carbons (Fsp3) is 0.417. The van der Waals surface area contributed by atoms with Crippen LogP contribution in [0.4, 0.5) is 8.78 Å². The first-order valence-electron chi connectivity index (χ1n) is 5.40. The maximum Gasteiger partial charge on any atom is 0.239 e. The molecule has 1 amide bonds. The zero-order valence-corrected chi connectivity index (χ0v) is 9.84. The van der Waals surface area contributed by atoms with E-state index in [1.165, 1.54) is 12.1 Å². The molecule has 0 aliphatic carbocycles. The van der Waals surface area contributed by atoms with Crippen LogP contribution >= 0.6 is 0 Å². The molecule has 1 aromatic rings. The lowest BCUT2D eigenvalue weighted by Gasteiger charge is -2.18. The maximum atomic E-state index is 13.5. The number of halogens is 2. The number of nitrogens with two attached hydrogens (primary N) is 1. The van der Waals surface area contributed by atoms with E-state index in [9.17, 15) is 13.6 Å². The Balaban J connectivity index is 2.97. The van der Waals surface area contributed by atoms with E-state index in [1.54, 1.807) is 0 Å². The van der Waals surface area contributed by atoms with Crippen molar-refractivity contribution in [2.24, 2.45) is 11.7 Å². The van der Waals surface area contributed by atoms with Crippen LogP contribution in [0.5, 0.6) is 0 Å². The molecule has 94 valence electrons. The second-order valence-electron chi connectivity index (χ2n) is 4.28. The summed E-state index contributed by atoms with van der Waals surface area (Å²) in [5, 5.41) is 2.82. The Kier molecular flexibility index (Phi) is 4.57. The van der Waals surface area contributed by atoms with Crippen LogP contribution in [0.15, 0.2) is 18.2 Å². The molecule has 0 aliphatic heterocycles. The van der Waals surface area contributed by atoms with Gasteiger partial charge in [0, 0.05) is 5.56 Å². The van der Waals surface area contributed by atoms with Gasteiger partial charge in [-0.15, -0.1) is 0 Å². The molecule has 1 unspecified atom stereocenters. The molecule has 3 N–H and O–H groups in total. The van der Waals surface area contributed by atoms with E-state index in [-0.39, 0.29) is 11.5 Å². The first kappa shape index (κ1) is 13.6. The number of carbonyl (C=O) groups excluding carboxylic acids is 1. The summed E-state index contributed by atoms with van der Waals surface area (Å²) in [6.07, 6.45) is 0. The monoisotopic (exact) mass is 242 g/mol. The van der Waals surface area contributed by atoms with Gasteiger partial charge in [0.25, 0.3) is 0 Å². The molecule has 1 aromatic carbocycles. The summed E-state index contributed by atoms with van der Waals surface area (Å²) in [6.45, 7) is 4.36. The summed E-state index contributed by atoms with van der Waals surface area (Å²) in [7, 11) is 0. The van der Waals surface area contributed by atoms with Crippen molar-refractivity contribution in [3.63, 3.8) is 0 Å². The van der Waals surface area contributed by atoms with Crippen molar-refractivity contribution in [3.8, 4) is 0 Å². The van der Waals surface area contributed by atoms with Crippen LogP contribution in [0.1, 0.15) is 25.5 Å². The van der Waals surface area contributed by atoms with Gasteiger partial charge in [0.15, 0.2) is 11.6 Å². The van der Waals surface area contributed by atoms with E-state index in [0.29, 0.717) is 6.54 Å². The lowest BCUT2D eigenvalue weighted by Crippen LogP contribution is -2.36. The number of hydrogen-bond acceptors (Lipinski definition) is 2. The van der Waals surface area contributed by atoms with Gasteiger partial charge in [-0.3, -0.25) is 4.79 Å². The van der Waals surface area contributed by atoms with Gasteiger partial charge >= 0.3 is 0 Å². The molecule has 5 heteroatoms. The van der Waals surface area contributed by atoms with Gasteiger partial charge in [0.2, 0.25) is 5.91 Å². The van der Waals surface area contributed by atoms with Crippen LogP contribution < -0.4 is 11.1 Å². The third-order valence-corrected chi connectivity index (χ3v) is 2.31. The Bertz CT molecular complexity index is 407. The number of carbonyl (C=O) groups is 1. The van der Waals surface area contributed by atoms with Gasteiger partial charge in [-0.1, -0.05) is 26.0 Å². The summed E-state index contributed by atoms with van der Waals surface area (Å²) < 4.78 is 26.6. The first-order valence-corrected chi connectivity index (χ1v) is 5.40. The number of hydrogen-bond donors (Lipinski definition) is 2. The Labute approximate surface area is 99.0 Å². The van der Waals surface area contributed by atoms with Crippen molar-refractivity contribution in [2.45, 2.75) is 19.9 Å². The molecule has 1 rings (SSSR count). The van der Waals surface area contributed by atoms with Gasteiger partial charge in [-0.25, -0.2) is 8.78 Å². The van der Waals surface area contributed by atoms with E-state index in [2.05, 4.69) is 5.32 Å². The molecule has 0 aromatic heterocycles. The normalized spacial score (nSPS) is 12.8. The zero-order chi connectivity index (χ0) is 13.0. The maximum absolute atomic E-state index is 13.5. The highest BCUT2D eigenvalue weighted by molar-refractivity contribution is 5.81.